The topological polar surface area (TPSA) is 47.4 Å². The fourth-order valence-electron chi connectivity index (χ4n) is 3.90. The van der Waals surface area contributed by atoms with Crippen molar-refractivity contribution in [3.8, 4) is 5.75 Å². The van der Waals surface area contributed by atoms with Crippen LogP contribution in [0, 0.1) is 0 Å². The molecular formula is C21H23N3O2. The van der Waals surface area contributed by atoms with E-state index in [1.807, 2.05) is 52.2 Å². The van der Waals surface area contributed by atoms with E-state index < -0.39 is 0 Å². The van der Waals surface area contributed by atoms with E-state index >= 15 is 0 Å². The van der Waals surface area contributed by atoms with Gasteiger partial charge < -0.3 is 14.2 Å². The van der Waals surface area contributed by atoms with Gasteiger partial charge in [0.15, 0.2) is 0 Å². The van der Waals surface area contributed by atoms with Crippen molar-refractivity contribution in [1.82, 2.24) is 14.5 Å². The molecule has 1 aliphatic heterocycles. The maximum Gasteiger partial charge on any atom is 0.243 e. The van der Waals surface area contributed by atoms with Crippen molar-refractivity contribution in [2.24, 2.45) is 0 Å². The third-order valence-electron chi connectivity index (χ3n) is 5.19. The number of rotatable bonds is 4. The van der Waals surface area contributed by atoms with Gasteiger partial charge in [0, 0.05) is 30.5 Å². The molecule has 2 aromatic heterocycles. The molecule has 0 N–H and O–H groups in total. The molecule has 5 nitrogen and oxygen atoms in total. The normalized spacial score (nSPS) is 17.4. The lowest BCUT2D eigenvalue weighted by Gasteiger charge is -2.36. The van der Waals surface area contributed by atoms with Gasteiger partial charge in [-0.2, -0.15) is 0 Å². The molecule has 134 valence electrons. The molecule has 0 saturated carbocycles. The fourth-order valence-corrected chi connectivity index (χ4v) is 3.90. The lowest BCUT2D eigenvalue weighted by molar-refractivity contribution is -0.135. The van der Waals surface area contributed by atoms with Gasteiger partial charge >= 0.3 is 0 Å². The molecule has 1 aromatic carbocycles. The number of fused-ring (bicyclic) bond motifs is 1. The van der Waals surface area contributed by atoms with Crippen LogP contribution >= 0.6 is 0 Å². The number of carbonyl (C=O) groups is 1. The molecule has 1 amide bonds. The molecule has 26 heavy (non-hydrogen) atoms. The van der Waals surface area contributed by atoms with Crippen LogP contribution in [0.4, 0.5) is 0 Å². The van der Waals surface area contributed by atoms with Crippen LogP contribution in [0.5, 0.6) is 5.75 Å². The van der Waals surface area contributed by atoms with Gasteiger partial charge in [-0.15, -0.1) is 0 Å². The first kappa shape index (κ1) is 16.6. The molecule has 3 aromatic rings. The Morgan fingerprint density at radius 2 is 2.15 bits per heavy atom. The first-order chi connectivity index (χ1) is 12.8. The summed E-state index contributed by atoms with van der Waals surface area (Å²) in [6.45, 7) is 1.15. The zero-order valence-corrected chi connectivity index (χ0v) is 15.0. The minimum Gasteiger partial charge on any atom is -0.496 e. The van der Waals surface area contributed by atoms with Gasteiger partial charge in [0.1, 0.15) is 12.3 Å². The first-order valence-electron chi connectivity index (χ1n) is 9.09. The van der Waals surface area contributed by atoms with Crippen molar-refractivity contribution >= 4 is 16.8 Å². The zero-order chi connectivity index (χ0) is 17.9. The molecule has 0 spiro atoms. The summed E-state index contributed by atoms with van der Waals surface area (Å²) in [5.41, 5.74) is 2.15. The molecule has 0 radical (unpaired) electrons. The molecule has 3 heterocycles. The Hall–Kier alpha value is -2.82. The Labute approximate surface area is 153 Å². The Balaban J connectivity index is 1.59. The van der Waals surface area contributed by atoms with E-state index in [1.54, 1.807) is 13.3 Å². The highest BCUT2D eigenvalue weighted by Crippen LogP contribution is 2.31. The van der Waals surface area contributed by atoms with Gasteiger partial charge in [-0.1, -0.05) is 12.1 Å². The number of hydrogen-bond acceptors (Lipinski definition) is 3. The highest BCUT2D eigenvalue weighted by molar-refractivity contribution is 5.88. The minimum atomic E-state index is 0.126. The third kappa shape index (κ3) is 3.05. The number of likely N-dealkylation sites (tertiary alicyclic amines) is 1. The number of hydrogen-bond donors (Lipinski definition) is 0. The van der Waals surface area contributed by atoms with E-state index in [0.29, 0.717) is 6.54 Å². The second-order valence-electron chi connectivity index (χ2n) is 6.72. The number of carbonyl (C=O) groups excluding carboxylic acids is 1. The van der Waals surface area contributed by atoms with Crippen LogP contribution in [0.3, 0.4) is 0 Å². The van der Waals surface area contributed by atoms with Crippen molar-refractivity contribution in [3.63, 3.8) is 0 Å². The van der Waals surface area contributed by atoms with Crippen LogP contribution in [-0.4, -0.2) is 34.0 Å². The fraction of sp³-hybridized carbons (Fsp3) is 0.333. The van der Waals surface area contributed by atoms with E-state index in [9.17, 15) is 4.79 Å². The van der Waals surface area contributed by atoms with Crippen LogP contribution in [0.1, 0.15) is 30.9 Å². The number of ether oxygens (including phenoxy) is 1. The smallest absolute Gasteiger partial charge is 0.243 e. The van der Waals surface area contributed by atoms with E-state index in [-0.39, 0.29) is 11.9 Å². The van der Waals surface area contributed by atoms with Gasteiger partial charge in [-0.25, -0.2) is 0 Å². The summed E-state index contributed by atoms with van der Waals surface area (Å²) in [6.07, 6.45) is 8.82. The third-order valence-corrected chi connectivity index (χ3v) is 5.19. The van der Waals surface area contributed by atoms with Crippen LogP contribution < -0.4 is 4.74 Å². The number of benzene rings is 1. The SMILES string of the molecule is COc1cccc2c1ccn2CC(=O)N1CCCC[C@@H]1c1cccnc1. The standard InChI is InChI=1S/C21H23N3O2/c1-26-20-9-4-8-19-17(20)10-13-23(19)15-21(25)24-12-3-2-7-18(24)16-6-5-11-22-14-16/h4-6,8-11,13-14,18H,2-3,7,12,15H2,1H3/t18-/m1/s1. The second-order valence-corrected chi connectivity index (χ2v) is 6.72. The van der Waals surface area contributed by atoms with Crippen LogP contribution in [0.2, 0.25) is 0 Å². The molecule has 1 atom stereocenters. The van der Waals surface area contributed by atoms with Crippen molar-refractivity contribution < 1.29 is 9.53 Å². The Bertz CT molecular complexity index is 904. The maximum atomic E-state index is 13.1. The predicted molar refractivity (Wildman–Crippen MR) is 101 cm³/mol. The van der Waals surface area contributed by atoms with E-state index in [4.69, 9.17) is 4.74 Å². The number of amides is 1. The van der Waals surface area contributed by atoms with Crippen molar-refractivity contribution in [3.05, 3.63) is 60.6 Å². The number of pyridine rings is 1. The molecule has 0 bridgehead atoms. The average Bonchev–Trinajstić information content (AvgIpc) is 3.11. The van der Waals surface area contributed by atoms with Crippen molar-refractivity contribution in [2.45, 2.75) is 31.8 Å². The van der Waals surface area contributed by atoms with E-state index in [0.717, 1.165) is 48.0 Å². The molecule has 1 aliphatic rings. The number of methoxy groups -OCH3 is 1. The molecule has 5 heteroatoms. The van der Waals surface area contributed by atoms with Crippen molar-refractivity contribution in [2.75, 3.05) is 13.7 Å². The molecule has 0 aliphatic carbocycles. The van der Waals surface area contributed by atoms with Crippen LogP contribution in [-0.2, 0) is 11.3 Å². The van der Waals surface area contributed by atoms with Gasteiger partial charge in [0.25, 0.3) is 0 Å². The minimum absolute atomic E-state index is 0.126. The van der Waals surface area contributed by atoms with Crippen LogP contribution in [0.25, 0.3) is 10.9 Å². The number of aromatic nitrogens is 2. The first-order valence-corrected chi connectivity index (χ1v) is 9.09. The molecule has 1 saturated heterocycles. The largest absolute Gasteiger partial charge is 0.496 e. The Kier molecular flexibility index (Phi) is 4.61. The van der Waals surface area contributed by atoms with Crippen LogP contribution in [0.15, 0.2) is 55.0 Å². The quantitative estimate of drug-likeness (QED) is 0.720. The summed E-state index contributed by atoms with van der Waals surface area (Å²) >= 11 is 0. The molecule has 1 fully saturated rings. The lowest BCUT2D eigenvalue weighted by atomic mass is 9.96. The lowest BCUT2D eigenvalue weighted by Crippen LogP contribution is -2.40. The molecule has 0 unspecified atom stereocenters. The van der Waals surface area contributed by atoms with Gasteiger partial charge in [0.2, 0.25) is 5.91 Å². The van der Waals surface area contributed by atoms with Gasteiger partial charge in [-0.3, -0.25) is 9.78 Å². The highest BCUT2D eigenvalue weighted by atomic mass is 16.5. The Morgan fingerprint density at radius 1 is 1.23 bits per heavy atom. The van der Waals surface area contributed by atoms with Gasteiger partial charge in [0.05, 0.1) is 18.7 Å². The Morgan fingerprint density at radius 3 is 2.96 bits per heavy atom. The molecular weight excluding hydrogens is 326 g/mol. The second kappa shape index (κ2) is 7.20. The molecule has 4 rings (SSSR count). The summed E-state index contributed by atoms with van der Waals surface area (Å²) in [5.74, 6) is 0.985. The summed E-state index contributed by atoms with van der Waals surface area (Å²) in [6, 6.07) is 12.1. The summed E-state index contributed by atoms with van der Waals surface area (Å²) in [5, 5.41) is 1.03. The predicted octanol–water partition coefficient (Wildman–Crippen LogP) is 3.80. The van der Waals surface area contributed by atoms with E-state index in [1.165, 1.54) is 0 Å². The zero-order valence-electron chi connectivity index (χ0n) is 15.0. The summed E-state index contributed by atoms with van der Waals surface area (Å²) in [7, 11) is 1.67. The number of nitrogens with zero attached hydrogens (tertiary/aromatic N) is 3. The van der Waals surface area contributed by atoms with Gasteiger partial charge in [-0.05, 0) is 49.1 Å². The average molecular weight is 349 g/mol. The highest BCUT2D eigenvalue weighted by Gasteiger charge is 2.28. The summed E-state index contributed by atoms with van der Waals surface area (Å²) in [4.78, 5) is 19.4. The van der Waals surface area contributed by atoms with E-state index in [2.05, 4.69) is 11.1 Å². The maximum absolute atomic E-state index is 13.1. The summed E-state index contributed by atoms with van der Waals surface area (Å²) < 4.78 is 7.43. The van der Waals surface area contributed by atoms with Crippen molar-refractivity contribution in [1.29, 1.82) is 0 Å². The number of piperidine rings is 1. The monoisotopic (exact) mass is 349 g/mol.